The molecule has 0 saturated heterocycles. The number of allylic oxidation sites excluding steroid dienone is 1. The quantitative estimate of drug-likeness (QED) is 0.424. The van der Waals surface area contributed by atoms with Gasteiger partial charge in [-0.1, -0.05) is 47.7 Å². The highest BCUT2D eigenvalue weighted by molar-refractivity contribution is 7.07. The Morgan fingerprint density at radius 2 is 1.79 bits per heavy atom. The van der Waals surface area contributed by atoms with E-state index < -0.39 is 6.04 Å². The molecule has 192 valence electrons. The second-order valence-electron chi connectivity index (χ2n) is 9.12. The number of phenolic OH excluding ortho intramolecular Hbond substituents is 1. The molecule has 1 N–H and O–H groups in total. The van der Waals surface area contributed by atoms with Crippen LogP contribution >= 0.6 is 11.3 Å². The summed E-state index contributed by atoms with van der Waals surface area (Å²) in [5, 5.41) is 10.7. The van der Waals surface area contributed by atoms with Crippen molar-refractivity contribution in [3.8, 4) is 23.0 Å². The highest BCUT2D eigenvalue weighted by Crippen LogP contribution is 2.44. The van der Waals surface area contributed by atoms with Crippen LogP contribution in [0.3, 0.4) is 0 Å². The average molecular weight is 527 g/mol. The predicted octanol–water partition coefficient (Wildman–Crippen LogP) is 4.05. The molecular weight excluding hydrogens is 500 g/mol. The van der Waals surface area contributed by atoms with Gasteiger partial charge in [0.1, 0.15) is 11.5 Å². The van der Waals surface area contributed by atoms with E-state index in [4.69, 9.17) is 19.2 Å². The maximum absolute atomic E-state index is 14.0. The maximum atomic E-state index is 14.0. The Kier molecular flexibility index (Phi) is 6.04. The number of rotatable bonds is 5. The van der Waals surface area contributed by atoms with Crippen LogP contribution in [0.25, 0.3) is 11.8 Å². The molecule has 2 aliphatic rings. The van der Waals surface area contributed by atoms with Crippen LogP contribution in [0.15, 0.2) is 76.0 Å². The Labute approximate surface area is 223 Å². The molecule has 7 nitrogen and oxygen atoms in total. The van der Waals surface area contributed by atoms with Gasteiger partial charge in [0.05, 0.1) is 37.6 Å². The number of aryl methyl sites for hydroxylation is 1. The third kappa shape index (κ3) is 3.80. The van der Waals surface area contributed by atoms with Crippen LogP contribution in [0.4, 0.5) is 0 Å². The monoisotopic (exact) mass is 526 g/mol. The standard InChI is InChI=1S/C30H26N2O5S/c1-35-19-12-14-23(36-2)22(16-19)27-21-13-11-17-7-4-5-9-20(17)26(21)31-30-32(27)29(34)25(38-30)15-18-8-6-10-24(37-3)28(18)33/h4-10,12,14-16,27,33H,11,13H2,1-3H3. The zero-order chi connectivity index (χ0) is 26.4. The van der Waals surface area contributed by atoms with Crippen molar-refractivity contribution in [1.82, 2.24) is 4.57 Å². The summed E-state index contributed by atoms with van der Waals surface area (Å²) in [5.74, 6) is 1.68. The molecule has 4 aromatic rings. The summed E-state index contributed by atoms with van der Waals surface area (Å²) in [6, 6.07) is 18.7. The SMILES string of the molecule is COc1ccc(OC)c(C2C3=C(N=c4sc(=Cc5cccc(OC)c5O)c(=O)n42)c2ccccc2CC3)c1. The highest BCUT2D eigenvalue weighted by Gasteiger charge is 2.34. The number of benzene rings is 3. The van der Waals surface area contributed by atoms with Crippen molar-refractivity contribution in [2.75, 3.05) is 21.3 Å². The molecule has 3 aromatic carbocycles. The van der Waals surface area contributed by atoms with E-state index in [-0.39, 0.29) is 11.3 Å². The summed E-state index contributed by atoms with van der Waals surface area (Å²) in [6.07, 6.45) is 3.31. The van der Waals surface area contributed by atoms with Gasteiger partial charge in [-0.25, -0.2) is 4.99 Å². The number of para-hydroxylation sites is 1. The van der Waals surface area contributed by atoms with Gasteiger partial charge in [-0.15, -0.1) is 0 Å². The van der Waals surface area contributed by atoms with Crippen LogP contribution in [-0.4, -0.2) is 31.0 Å². The van der Waals surface area contributed by atoms with Crippen molar-refractivity contribution >= 4 is 23.1 Å². The first-order chi connectivity index (χ1) is 18.5. The molecular formula is C30H26N2O5S. The number of phenols is 1. The van der Waals surface area contributed by atoms with Gasteiger partial charge in [0.25, 0.3) is 5.56 Å². The Morgan fingerprint density at radius 1 is 0.974 bits per heavy atom. The number of thiazole rings is 1. The van der Waals surface area contributed by atoms with E-state index in [1.54, 1.807) is 43.1 Å². The molecule has 1 atom stereocenters. The number of hydrogen-bond donors (Lipinski definition) is 1. The Balaban J connectivity index is 1.65. The fourth-order valence-electron chi connectivity index (χ4n) is 5.31. The van der Waals surface area contributed by atoms with E-state index in [1.807, 2.05) is 30.3 Å². The van der Waals surface area contributed by atoms with E-state index in [0.717, 1.165) is 35.2 Å². The molecule has 0 spiro atoms. The van der Waals surface area contributed by atoms with Crippen molar-refractivity contribution < 1.29 is 19.3 Å². The van der Waals surface area contributed by atoms with Crippen LogP contribution in [0.2, 0.25) is 0 Å². The van der Waals surface area contributed by atoms with Gasteiger partial charge in [-0.3, -0.25) is 9.36 Å². The molecule has 0 amide bonds. The number of aromatic hydroxyl groups is 1. The molecule has 8 heteroatoms. The molecule has 1 aromatic heterocycles. The molecule has 1 aliphatic heterocycles. The topological polar surface area (TPSA) is 82.3 Å². The minimum Gasteiger partial charge on any atom is -0.504 e. The summed E-state index contributed by atoms with van der Waals surface area (Å²) in [4.78, 5) is 19.7. The number of ether oxygens (including phenoxy) is 3. The van der Waals surface area contributed by atoms with E-state index in [0.29, 0.717) is 32.1 Å². The Bertz CT molecular complexity index is 1780. The minimum atomic E-state index is -0.416. The zero-order valence-electron chi connectivity index (χ0n) is 21.2. The molecule has 2 heterocycles. The summed E-state index contributed by atoms with van der Waals surface area (Å²) < 4.78 is 18.8. The van der Waals surface area contributed by atoms with Crippen LogP contribution in [0.5, 0.6) is 23.0 Å². The molecule has 1 unspecified atom stereocenters. The van der Waals surface area contributed by atoms with Gasteiger partial charge in [0.2, 0.25) is 0 Å². The molecule has 0 bridgehead atoms. The number of fused-ring (bicyclic) bond motifs is 3. The lowest BCUT2D eigenvalue weighted by atomic mass is 9.83. The smallest absolute Gasteiger partial charge is 0.271 e. The fraction of sp³-hybridized carbons (Fsp3) is 0.200. The summed E-state index contributed by atoms with van der Waals surface area (Å²) >= 11 is 1.30. The number of nitrogens with zero attached hydrogens (tertiary/aromatic N) is 2. The summed E-state index contributed by atoms with van der Waals surface area (Å²) in [7, 11) is 4.75. The van der Waals surface area contributed by atoms with Crippen molar-refractivity contribution in [2.45, 2.75) is 18.9 Å². The number of aromatic nitrogens is 1. The number of hydrogen-bond acceptors (Lipinski definition) is 7. The molecule has 0 radical (unpaired) electrons. The summed E-state index contributed by atoms with van der Waals surface area (Å²) in [6.45, 7) is 0. The lowest BCUT2D eigenvalue weighted by molar-refractivity contribution is 0.373. The van der Waals surface area contributed by atoms with Gasteiger partial charge in [0, 0.05) is 16.7 Å². The van der Waals surface area contributed by atoms with Gasteiger partial charge in [-0.05, 0) is 54.3 Å². The fourth-order valence-corrected chi connectivity index (χ4v) is 6.31. The second-order valence-corrected chi connectivity index (χ2v) is 10.1. The highest BCUT2D eigenvalue weighted by atomic mass is 32.1. The van der Waals surface area contributed by atoms with Crippen LogP contribution in [0, 0.1) is 0 Å². The molecule has 1 aliphatic carbocycles. The summed E-state index contributed by atoms with van der Waals surface area (Å²) in [5.41, 5.74) is 5.45. The first-order valence-corrected chi connectivity index (χ1v) is 13.1. The molecule has 0 fully saturated rings. The second kappa shape index (κ2) is 9.54. The Morgan fingerprint density at radius 3 is 2.58 bits per heavy atom. The van der Waals surface area contributed by atoms with Crippen molar-refractivity contribution in [1.29, 1.82) is 0 Å². The average Bonchev–Trinajstić information content (AvgIpc) is 3.26. The first-order valence-electron chi connectivity index (χ1n) is 12.2. The molecule has 38 heavy (non-hydrogen) atoms. The van der Waals surface area contributed by atoms with Crippen LogP contribution in [-0.2, 0) is 6.42 Å². The zero-order valence-corrected chi connectivity index (χ0v) is 22.0. The van der Waals surface area contributed by atoms with Gasteiger partial charge in [-0.2, -0.15) is 0 Å². The van der Waals surface area contributed by atoms with Crippen LogP contribution < -0.4 is 29.1 Å². The largest absolute Gasteiger partial charge is 0.504 e. The molecule has 0 saturated carbocycles. The lowest BCUT2D eigenvalue weighted by Gasteiger charge is -2.31. The van der Waals surface area contributed by atoms with Gasteiger partial charge >= 0.3 is 0 Å². The van der Waals surface area contributed by atoms with Crippen molar-refractivity contribution in [3.05, 3.63) is 108 Å². The minimum absolute atomic E-state index is 0.0138. The lowest BCUT2D eigenvalue weighted by Crippen LogP contribution is -2.39. The number of methoxy groups -OCH3 is 3. The normalized spacial score (nSPS) is 16.3. The van der Waals surface area contributed by atoms with Crippen LogP contribution in [0.1, 0.15) is 34.7 Å². The Hall–Kier alpha value is -4.30. The third-order valence-electron chi connectivity index (χ3n) is 7.14. The van der Waals surface area contributed by atoms with Crippen molar-refractivity contribution in [2.24, 2.45) is 4.99 Å². The van der Waals surface area contributed by atoms with E-state index in [1.165, 1.54) is 24.0 Å². The molecule has 6 rings (SSSR count). The first kappa shape index (κ1) is 24.1. The van der Waals surface area contributed by atoms with E-state index >= 15 is 0 Å². The van der Waals surface area contributed by atoms with Gasteiger partial charge < -0.3 is 19.3 Å². The van der Waals surface area contributed by atoms with Gasteiger partial charge in [0.15, 0.2) is 16.3 Å². The van der Waals surface area contributed by atoms with Crippen molar-refractivity contribution in [3.63, 3.8) is 0 Å². The predicted molar refractivity (Wildman–Crippen MR) is 147 cm³/mol. The maximum Gasteiger partial charge on any atom is 0.271 e. The van der Waals surface area contributed by atoms with E-state index in [2.05, 4.69) is 12.1 Å². The van der Waals surface area contributed by atoms with E-state index in [9.17, 15) is 9.90 Å². The third-order valence-corrected chi connectivity index (χ3v) is 8.12.